The molecular formula is C15H14F2N2O2. The number of carboxylic acid groups (broad SMARTS) is 1. The topological polar surface area (TPSA) is 62.2 Å². The van der Waals surface area contributed by atoms with Gasteiger partial charge in [0.25, 0.3) is 0 Å². The molecule has 0 amide bonds. The van der Waals surface area contributed by atoms with Crippen molar-refractivity contribution in [2.75, 3.05) is 11.9 Å². The largest absolute Gasteiger partial charge is 0.478 e. The second kappa shape index (κ2) is 6.30. The summed E-state index contributed by atoms with van der Waals surface area (Å²) in [6, 6.07) is 6.23. The highest BCUT2D eigenvalue weighted by molar-refractivity contribution is 5.88. The van der Waals surface area contributed by atoms with Gasteiger partial charge in [0, 0.05) is 18.3 Å². The zero-order valence-corrected chi connectivity index (χ0v) is 11.4. The molecule has 110 valence electrons. The third-order valence-corrected chi connectivity index (χ3v) is 2.84. The summed E-state index contributed by atoms with van der Waals surface area (Å²) in [5.74, 6) is -1.85. The number of rotatable bonds is 5. The Kier molecular flexibility index (Phi) is 4.47. The van der Waals surface area contributed by atoms with Crippen LogP contribution in [-0.2, 0) is 6.42 Å². The summed E-state index contributed by atoms with van der Waals surface area (Å²) < 4.78 is 26.1. The number of hydrogen-bond acceptors (Lipinski definition) is 3. The van der Waals surface area contributed by atoms with Crippen molar-refractivity contribution < 1.29 is 18.7 Å². The van der Waals surface area contributed by atoms with E-state index < -0.39 is 17.6 Å². The van der Waals surface area contributed by atoms with Crippen molar-refractivity contribution >= 4 is 11.8 Å². The van der Waals surface area contributed by atoms with Crippen LogP contribution in [-0.4, -0.2) is 22.6 Å². The summed E-state index contributed by atoms with van der Waals surface area (Å²) in [7, 11) is 0. The first kappa shape index (κ1) is 14.9. The van der Waals surface area contributed by atoms with E-state index in [2.05, 4.69) is 10.3 Å². The minimum Gasteiger partial charge on any atom is -0.478 e. The number of hydrogen-bond donors (Lipinski definition) is 2. The molecule has 0 saturated heterocycles. The molecular weight excluding hydrogens is 278 g/mol. The lowest BCUT2D eigenvalue weighted by atomic mass is 10.1. The Labute approximate surface area is 120 Å². The molecule has 2 rings (SSSR count). The molecule has 1 aromatic heterocycles. The van der Waals surface area contributed by atoms with E-state index >= 15 is 0 Å². The van der Waals surface area contributed by atoms with Crippen molar-refractivity contribution in [3.63, 3.8) is 0 Å². The Morgan fingerprint density at radius 3 is 2.48 bits per heavy atom. The summed E-state index contributed by atoms with van der Waals surface area (Å²) in [5, 5.41) is 11.9. The highest BCUT2D eigenvalue weighted by Crippen LogP contribution is 2.12. The van der Waals surface area contributed by atoms with Gasteiger partial charge in [0.05, 0.1) is 5.56 Å². The van der Waals surface area contributed by atoms with E-state index in [0.717, 1.165) is 6.07 Å². The average Bonchev–Trinajstić information content (AvgIpc) is 2.36. The number of pyridine rings is 1. The third-order valence-electron chi connectivity index (χ3n) is 2.84. The predicted octanol–water partition coefficient (Wildman–Crippen LogP) is 3.02. The number of aryl methyl sites for hydroxylation is 1. The zero-order chi connectivity index (χ0) is 15.4. The van der Waals surface area contributed by atoms with Gasteiger partial charge in [-0.1, -0.05) is 0 Å². The van der Waals surface area contributed by atoms with Gasteiger partial charge < -0.3 is 10.4 Å². The second-order valence-corrected chi connectivity index (χ2v) is 4.64. The molecule has 2 aromatic rings. The van der Waals surface area contributed by atoms with Crippen LogP contribution in [0.1, 0.15) is 21.6 Å². The molecule has 0 aliphatic heterocycles. The average molecular weight is 292 g/mol. The van der Waals surface area contributed by atoms with Crippen LogP contribution in [0.15, 0.2) is 30.3 Å². The number of anilines is 1. The number of aromatic nitrogens is 1. The minimum absolute atomic E-state index is 0.141. The fourth-order valence-electron chi connectivity index (χ4n) is 1.97. The van der Waals surface area contributed by atoms with E-state index in [9.17, 15) is 13.6 Å². The first-order valence-corrected chi connectivity index (χ1v) is 6.35. The number of carboxylic acids is 1. The lowest BCUT2D eigenvalue weighted by Crippen LogP contribution is -2.09. The molecule has 1 heterocycles. The molecule has 0 aliphatic carbocycles. The highest BCUT2D eigenvalue weighted by Gasteiger charge is 2.06. The van der Waals surface area contributed by atoms with Gasteiger partial charge in [-0.05, 0) is 43.2 Å². The van der Waals surface area contributed by atoms with Gasteiger partial charge in [-0.25, -0.2) is 18.6 Å². The van der Waals surface area contributed by atoms with Crippen molar-refractivity contribution in [3.8, 4) is 0 Å². The molecule has 0 aliphatic rings. The SMILES string of the molecule is Cc1cc(C(=O)O)cc(NCCc2cc(F)cc(F)c2)n1. The molecule has 0 saturated carbocycles. The van der Waals surface area contributed by atoms with Gasteiger partial charge in [0.15, 0.2) is 0 Å². The second-order valence-electron chi connectivity index (χ2n) is 4.64. The molecule has 6 heteroatoms. The summed E-state index contributed by atoms with van der Waals surface area (Å²) in [6.45, 7) is 2.08. The predicted molar refractivity (Wildman–Crippen MR) is 74.5 cm³/mol. The number of carbonyl (C=O) groups is 1. The Morgan fingerprint density at radius 2 is 1.86 bits per heavy atom. The number of halogens is 2. The van der Waals surface area contributed by atoms with Gasteiger partial charge in [0.1, 0.15) is 17.5 Å². The molecule has 0 fully saturated rings. The minimum atomic E-state index is -1.03. The van der Waals surface area contributed by atoms with Gasteiger partial charge in [-0.2, -0.15) is 0 Å². The molecule has 0 atom stereocenters. The monoisotopic (exact) mass is 292 g/mol. The van der Waals surface area contributed by atoms with E-state index in [0.29, 0.717) is 30.0 Å². The van der Waals surface area contributed by atoms with Gasteiger partial charge in [-0.15, -0.1) is 0 Å². The van der Waals surface area contributed by atoms with Crippen LogP contribution in [0.2, 0.25) is 0 Å². The maximum Gasteiger partial charge on any atom is 0.335 e. The van der Waals surface area contributed by atoms with Gasteiger partial charge in [-0.3, -0.25) is 0 Å². The quantitative estimate of drug-likeness (QED) is 0.889. The molecule has 0 spiro atoms. The maximum atomic E-state index is 13.0. The van der Waals surface area contributed by atoms with Crippen LogP contribution in [0.4, 0.5) is 14.6 Å². The molecule has 2 N–H and O–H groups in total. The van der Waals surface area contributed by atoms with Crippen molar-refractivity contribution in [1.29, 1.82) is 0 Å². The molecule has 0 unspecified atom stereocenters. The van der Waals surface area contributed by atoms with Crippen LogP contribution >= 0.6 is 0 Å². The Bertz CT molecular complexity index is 654. The maximum absolute atomic E-state index is 13.0. The first-order chi connectivity index (χ1) is 9.94. The van der Waals surface area contributed by atoms with Crippen molar-refractivity contribution in [3.05, 3.63) is 58.8 Å². The van der Waals surface area contributed by atoms with Gasteiger partial charge >= 0.3 is 5.97 Å². The fourth-order valence-corrected chi connectivity index (χ4v) is 1.97. The van der Waals surface area contributed by atoms with Crippen LogP contribution in [0.5, 0.6) is 0 Å². The Balaban J connectivity index is 2.01. The van der Waals surface area contributed by atoms with Crippen molar-refractivity contribution in [2.45, 2.75) is 13.3 Å². The fraction of sp³-hybridized carbons (Fsp3) is 0.200. The molecule has 1 aromatic carbocycles. The van der Waals surface area contributed by atoms with Crippen molar-refractivity contribution in [2.24, 2.45) is 0 Å². The first-order valence-electron chi connectivity index (χ1n) is 6.35. The molecule has 0 radical (unpaired) electrons. The third kappa shape index (κ3) is 4.24. The van der Waals surface area contributed by atoms with E-state index in [1.165, 1.54) is 24.3 Å². The summed E-state index contributed by atoms with van der Waals surface area (Å²) in [6.07, 6.45) is 0.396. The van der Waals surface area contributed by atoms with Crippen LogP contribution in [0.3, 0.4) is 0 Å². The Hall–Kier alpha value is -2.50. The summed E-state index contributed by atoms with van der Waals surface area (Å²) >= 11 is 0. The highest BCUT2D eigenvalue weighted by atomic mass is 19.1. The van der Waals surface area contributed by atoms with E-state index in [1.54, 1.807) is 6.92 Å². The van der Waals surface area contributed by atoms with Gasteiger partial charge in [0.2, 0.25) is 0 Å². The molecule has 21 heavy (non-hydrogen) atoms. The number of benzene rings is 1. The standard InChI is InChI=1S/C15H14F2N2O2/c1-9-4-11(15(20)21)7-14(19-9)18-3-2-10-5-12(16)8-13(17)6-10/h4-8H,2-3H2,1H3,(H,18,19)(H,20,21). The van der Waals surface area contributed by atoms with Crippen LogP contribution in [0.25, 0.3) is 0 Å². The number of nitrogens with one attached hydrogen (secondary N) is 1. The summed E-state index contributed by atoms with van der Waals surface area (Å²) in [4.78, 5) is 15.1. The lowest BCUT2D eigenvalue weighted by molar-refractivity contribution is 0.0696. The lowest BCUT2D eigenvalue weighted by Gasteiger charge is -2.08. The smallest absolute Gasteiger partial charge is 0.335 e. The normalized spacial score (nSPS) is 10.4. The van der Waals surface area contributed by atoms with Crippen LogP contribution in [0, 0.1) is 18.6 Å². The molecule has 4 nitrogen and oxygen atoms in total. The van der Waals surface area contributed by atoms with E-state index in [-0.39, 0.29) is 5.56 Å². The van der Waals surface area contributed by atoms with E-state index in [1.807, 2.05) is 0 Å². The summed E-state index contributed by atoms with van der Waals surface area (Å²) in [5.41, 5.74) is 1.24. The Morgan fingerprint density at radius 1 is 1.19 bits per heavy atom. The zero-order valence-electron chi connectivity index (χ0n) is 11.4. The number of aromatic carboxylic acids is 1. The van der Waals surface area contributed by atoms with Crippen molar-refractivity contribution in [1.82, 2.24) is 4.98 Å². The molecule has 0 bridgehead atoms. The number of nitrogens with zero attached hydrogens (tertiary/aromatic N) is 1. The van der Waals surface area contributed by atoms with Crippen LogP contribution < -0.4 is 5.32 Å². The van der Waals surface area contributed by atoms with E-state index in [4.69, 9.17) is 5.11 Å².